The van der Waals surface area contributed by atoms with Gasteiger partial charge < -0.3 is 4.74 Å². The van der Waals surface area contributed by atoms with E-state index < -0.39 is 5.00 Å². The van der Waals surface area contributed by atoms with Gasteiger partial charge >= 0.3 is 0 Å². The third kappa shape index (κ3) is 7.74. The summed E-state index contributed by atoms with van der Waals surface area (Å²) in [7, 11) is 1.67. The Balaban J connectivity index is 4.51. The molecule has 0 aromatic rings. The van der Waals surface area contributed by atoms with Crippen molar-refractivity contribution in [2.75, 3.05) is 7.11 Å². The van der Waals surface area contributed by atoms with Crippen molar-refractivity contribution in [1.82, 2.24) is 0 Å². The van der Waals surface area contributed by atoms with Crippen molar-refractivity contribution in [1.29, 1.82) is 0 Å². The number of nitrogens with zero attached hydrogens (tertiary/aromatic N) is 2. The molecule has 1 unspecified atom stereocenters. The molecule has 3 nitrogen and oxygen atoms in total. The Hall–Kier alpha value is -0.150. The highest BCUT2D eigenvalue weighted by Gasteiger charge is 2.31. The second-order valence-corrected chi connectivity index (χ2v) is 6.47. The van der Waals surface area contributed by atoms with Crippen LogP contribution in [-0.4, -0.2) is 23.2 Å². The van der Waals surface area contributed by atoms with Gasteiger partial charge in [-0.1, -0.05) is 11.6 Å². The van der Waals surface area contributed by atoms with Gasteiger partial charge in [0.15, 0.2) is 5.00 Å². The highest BCUT2D eigenvalue weighted by atomic mass is 35.5. The SMILES string of the molecule is COC(C)(C)CC(C)(Cl)N=NC(C)(C)C. The zero-order valence-electron chi connectivity index (χ0n) is 10.9. The molecule has 0 fully saturated rings. The Labute approximate surface area is 98.3 Å². The van der Waals surface area contributed by atoms with Crippen molar-refractivity contribution in [2.45, 2.75) is 64.1 Å². The summed E-state index contributed by atoms with van der Waals surface area (Å²) < 4.78 is 5.32. The molecule has 0 saturated heterocycles. The Morgan fingerprint density at radius 2 is 1.47 bits per heavy atom. The molecular weight excluding hydrogens is 212 g/mol. The van der Waals surface area contributed by atoms with E-state index in [0.717, 1.165) is 0 Å². The topological polar surface area (TPSA) is 34.0 Å². The predicted molar refractivity (Wildman–Crippen MR) is 64.6 cm³/mol. The number of ether oxygens (including phenoxy) is 1. The first-order valence-electron chi connectivity index (χ1n) is 5.16. The normalized spacial score (nSPS) is 18.1. The summed E-state index contributed by atoms with van der Waals surface area (Å²) in [5.41, 5.74) is -0.471. The summed E-state index contributed by atoms with van der Waals surface area (Å²) in [6.07, 6.45) is 0.623. The van der Waals surface area contributed by atoms with Crippen LogP contribution >= 0.6 is 11.6 Å². The summed E-state index contributed by atoms with van der Waals surface area (Å²) in [4.78, 5) is -0.702. The molecule has 0 N–H and O–H groups in total. The number of rotatable bonds is 4. The summed E-state index contributed by atoms with van der Waals surface area (Å²) in [5, 5.41) is 8.36. The van der Waals surface area contributed by atoms with Gasteiger partial charge in [-0.05, 0) is 41.5 Å². The molecule has 0 amide bonds. The van der Waals surface area contributed by atoms with Crippen LogP contribution in [0.1, 0.15) is 48.0 Å². The van der Waals surface area contributed by atoms with Crippen molar-refractivity contribution in [3.63, 3.8) is 0 Å². The summed E-state index contributed by atoms with van der Waals surface area (Å²) in [6.45, 7) is 11.8. The van der Waals surface area contributed by atoms with Crippen LogP contribution in [0.3, 0.4) is 0 Å². The lowest BCUT2D eigenvalue weighted by atomic mass is 10.00. The molecule has 0 aromatic heterocycles. The lowest BCUT2D eigenvalue weighted by Gasteiger charge is -2.29. The minimum atomic E-state index is -0.702. The van der Waals surface area contributed by atoms with Crippen molar-refractivity contribution in [3.8, 4) is 0 Å². The predicted octanol–water partition coefficient (Wildman–Crippen LogP) is 4.01. The lowest BCUT2D eigenvalue weighted by molar-refractivity contribution is 0.00725. The molecular formula is C11H23ClN2O. The van der Waals surface area contributed by atoms with Crippen LogP contribution in [-0.2, 0) is 4.74 Å². The third-order valence-corrected chi connectivity index (χ3v) is 2.07. The van der Waals surface area contributed by atoms with E-state index in [1.165, 1.54) is 0 Å². The van der Waals surface area contributed by atoms with Gasteiger partial charge in [0.2, 0.25) is 0 Å². The molecule has 0 spiro atoms. The Morgan fingerprint density at radius 1 is 1.00 bits per heavy atom. The number of alkyl halides is 1. The smallest absolute Gasteiger partial charge is 0.154 e. The van der Waals surface area contributed by atoms with E-state index in [1.54, 1.807) is 7.11 Å². The third-order valence-electron chi connectivity index (χ3n) is 1.86. The van der Waals surface area contributed by atoms with Gasteiger partial charge in [-0.15, -0.1) is 0 Å². The van der Waals surface area contributed by atoms with Crippen molar-refractivity contribution in [3.05, 3.63) is 0 Å². The van der Waals surface area contributed by atoms with E-state index in [2.05, 4.69) is 10.2 Å². The number of methoxy groups -OCH3 is 1. The second-order valence-electron chi connectivity index (χ2n) is 5.65. The van der Waals surface area contributed by atoms with Gasteiger partial charge in [0.1, 0.15) is 0 Å². The molecule has 1 atom stereocenters. The van der Waals surface area contributed by atoms with Gasteiger partial charge in [0, 0.05) is 13.5 Å². The molecule has 0 rings (SSSR count). The monoisotopic (exact) mass is 234 g/mol. The van der Waals surface area contributed by atoms with E-state index in [-0.39, 0.29) is 11.1 Å². The first-order chi connectivity index (χ1) is 6.47. The van der Waals surface area contributed by atoms with Gasteiger partial charge in [0.05, 0.1) is 11.1 Å². The minimum Gasteiger partial charge on any atom is -0.379 e. The molecule has 0 bridgehead atoms. The number of hydrogen-bond donors (Lipinski definition) is 0. The van der Waals surface area contributed by atoms with Crippen LogP contribution in [0.25, 0.3) is 0 Å². The first kappa shape index (κ1) is 14.8. The van der Waals surface area contributed by atoms with Gasteiger partial charge in [-0.3, -0.25) is 0 Å². The van der Waals surface area contributed by atoms with E-state index in [4.69, 9.17) is 16.3 Å². The molecule has 0 aromatic carbocycles. The molecule has 0 aliphatic heterocycles. The summed E-state index contributed by atoms with van der Waals surface area (Å²) in [5.74, 6) is 0. The van der Waals surface area contributed by atoms with Crippen molar-refractivity contribution < 1.29 is 4.74 Å². The summed E-state index contributed by atoms with van der Waals surface area (Å²) >= 11 is 6.27. The molecule has 0 aliphatic carbocycles. The quantitative estimate of drug-likeness (QED) is 0.411. The number of halogens is 1. The van der Waals surface area contributed by atoms with Crippen LogP contribution in [0.15, 0.2) is 10.2 Å². The Morgan fingerprint density at radius 3 is 1.80 bits per heavy atom. The molecule has 0 radical (unpaired) electrons. The molecule has 4 heteroatoms. The van der Waals surface area contributed by atoms with E-state index in [0.29, 0.717) is 6.42 Å². The van der Waals surface area contributed by atoms with Gasteiger partial charge in [-0.2, -0.15) is 10.2 Å². The summed E-state index contributed by atoms with van der Waals surface area (Å²) in [6, 6.07) is 0. The van der Waals surface area contributed by atoms with E-state index in [9.17, 15) is 0 Å². The average molecular weight is 235 g/mol. The van der Waals surface area contributed by atoms with Gasteiger partial charge in [0.25, 0.3) is 0 Å². The Kier molecular flexibility index (Phi) is 4.74. The first-order valence-corrected chi connectivity index (χ1v) is 5.53. The number of hydrogen-bond acceptors (Lipinski definition) is 3. The van der Waals surface area contributed by atoms with Crippen molar-refractivity contribution >= 4 is 11.6 Å². The van der Waals surface area contributed by atoms with Crippen LogP contribution < -0.4 is 0 Å². The fourth-order valence-corrected chi connectivity index (χ4v) is 1.50. The largest absolute Gasteiger partial charge is 0.379 e. The highest BCUT2D eigenvalue weighted by Crippen LogP contribution is 2.30. The van der Waals surface area contributed by atoms with E-state index >= 15 is 0 Å². The standard InChI is InChI=1S/C11H23ClN2O/c1-9(2,3)13-14-11(6,12)8-10(4,5)15-7/h8H2,1-7H3. The number of azo groups is 1. The molecule has 0 saturated carbocycles. The van der Waals surface area contributed by atoms with Crippen LogP contribution in [0.5, 0.6) is 0 Å². The fraction of sp³-hybridized carbons (Fsp3) is 1.00. The minimum absolute atomic E-state index is 0.187. The van der Waals surface area contributed by atoms with Crippen LogP contribution in [0.2, 0.25) is 0 Å². The average Bonchev–Trinajstić information content (AvgIpc) is 1.98. The van der Waals surface area contributed by atoms with Crippen molar-refractivity contribution in [2.24, 2.45) is 10.2 Å². The maximum absolute atomic E-state index is 6.27. The van der Waals surface area contributed by atoms with Crippen LogP contribution in [0, 0.1) is 0 Å². The zero-order chi connectivity index (χ0) is 12.3. The maximum Gasteiger partial charge on any atom is 0.154 e. The Bertz CT molecular complexity index is 229. The maximum atomic E-state index is 6.27. The molecule has 0 aliphatic rings. The van der Waals surface area contributed by atoms with Crippen LogP contribution in [0.4, 0.5) is 0 Å². The lowest BCUT2D eigenvalue weighted by Crippen LogP contribution is -2.32. The molecule has 15 heavy (non-hydrogen) atoms. The highest BCUT2D eigenvalue weighted by molar-refractivity contribution is 6.23. The fourth-order valence-electron chi connectivity index (χ4n) is 1.14. The molecule has 90 valence electrons. The second kappa shape index (κ2) is 4.79. The zero-order valence-corrected chi connectivity index (χ0v) is 11.6. The van der Waals surface area contributed by atoms with E-state index in [1.807, 2.05) is 41.5 Å². The van der Waals surface area contributed by atoms with Gasteiger partial charge in [-0.25, -0.2) is 0 Å². The molecule has 0 heterocycles.